The molecule has 2 heterocycles. The predicted octanol–water partition coefficient (Wildman–Crippen LogP) is -0.250. The molecule has 27 heavy (non-hydrogen) atoms. The summed E-state index contributed by atoms with van der Waals surface area (Å²) in [5, 5.41) is 10.5. The van der Waals surface area contributed by atoms with Crippen LogP contribution in [0, 0.1) is 0 Å². The third-order valence-corrected chi connectivity index (χ3v) is 4.58. The SMILES string of the molecule is CCc1ccc(CCNC(=O)Cn2nnc3c2c(=O)n(C)c(=O)n3C)cc1. The summed E-state index contributed by atoms with van der Waals surface area (Å²) in [6.07, 6.45) is 1.71. The Bertz CT molecular complexity index is 1090. The van der Waals surface area contributed by atoms with Crippen molar-refractivity contribution in [2.75, 3.05) is 6.54 Å². The van der Waals surface area contributed by atoms with E-state index in [4.69, 9.17) is 0 Å². The highest BCUT2D eigenvalue weighted by atomic mass is 16.2. The molecule has 0 aliphatic rings. The highest BCUT2D eigenvalue weighted by molar-refractivity contribution is 5.78. The van der Waals surface area contributed by atoms with Crippen LogP contribution in [0.25, 0.3) is 11.2 Å². The number of hydrogen-bond acceptors (Lipinski definition) is 5. The molecule has 0 saturated carbocycles. The van der Waals surface area contributed by atoms with E-state index in [9.17, 15) is 14.4 Å². The van der Waals surface area contributed by atoms with Crippen molar-refractivity contribution >= 4 is 17.1 Å². The van der Waals surface area contributed by atoms with Gasteiger partial charge in [0.05, 0.1) is 0 Å². The first-order valence-electron chi connectivity index (χ1n) is 8.76. The number of amides is 1. The number of aryl methyl sites for hydroxylation is 2. The number of nitrogens with zero attached hydrogens (tertiary/aromatic N) is 5. The third-order valence-electron chi connectivity index (χ3n) is 4.58. The van der Waals surface area contributed by atoms with Gasteiger partial charge in [0, 0.05) is 20.6 Å². The Hall–Kier alpha value is -3.23. The number of nitrogens with one attached hydrogen (secondary N) is 1. The molecule has 0 unspecified atom stereocenters. The molecule has 0 fully saturated rings. The molecule has 1 N–H and O–H groups in total. The smallest absolute Gasteiger partial charge is 0.332 e. The van der Waals surface area contributed by atoms with E-state index in [-0.39, 0.29) is 23.6 Å². The van der Waals surface area contributed by atoms with E-state index in [1.165, 1.54) is 28.9 Å². The molecule has 0 aliphatic carbocycles. The second kappa shape index (κ2) is 7.56. The van der Waals surface area contributed by atoms with Crippen LogP contribution in [0.2, 0.25) is 0 Å². The van der Waals surface area contributed by atoms with Gasteiger partial charge in [0.25, 0.3) is 5.56 Å². The van der Waals surface area contributed by atoms with Crippen LogP contribution in [0.4, 0.5) is 0 Å². The average molecular weight is 370 g/mol. The van der Waals surface area contributed by atoms with Crippen molar-refractivity contribution in [2.45, 2.75) is 26.3 Å². The number of carbonyl (C=O) groups excluding carboxylic acids is 1. The van der Waals surface area contributed by atoms with Gasteiger partial charge in [0.2, 0.25) is 5.91 Å². The van der Waals surface area contributed by atoms with Crippen LogP contribution in [0.15, 0.2) is 33.9 Å². The summed E-state index contributed by atoms with van der Waals surface area (Å²) in [6.45, 7) is 2.44. The van der Waals surface area contributed by atoms with Crippen molar-refractivity contribution in [3.63, 3.8) is 0 Å². The number of carbonyl (C=O) groups is 1. The average Bonchev–Trinajstić information content (AvgIpc) is 3.08. The zero-order valence-electron chi connectivity index (χ0n) is 15.6. The maximum absolute atomic E-state index is 12.3. The standard InChI is InChI=1S/C18H22N6O3/c1-4-12-5-7-13(8-6-12)9-10-19-14(25)11-24-15-16(20-21-24)22(2)18(27)23(3)17(15)26/h5-8H,4,9-11H2,1-3H3,(H,19,25). The molecule has 3 aromatic rings. The van der Waals surface area contributed by atoms with Gasteiger partial charge in [-0.3, -0.25) is 18.7 Å². The molecule has 1 aromatic carbocycles. The number of rotatable bonds is 6. The van der Waals surface area contributed by atoms with Gasteiger partial charge in [0.15, 0.2) is 11.2 Å². The Morgan fingerprint density at radius 1 is 1.07 bits per heavy atom. The van der Waals surface area contributed by atoms with Crippen molar-refractivity contribution < 1.29 is 4.79 Å². The minimum absolute atomic E-state index is 0.130. The number of aromatic nitrogens is 5. The summed E-state index contributed by atoms with van der Waals surface area (Å²) in [5.41, 5.74) is 1.69. The molecule has 1 amide bonds. The summed E-state index contributed by atoms with van der Waals surface area (Å²) in [4.78, 5) is 36.5. The van der Waals surface area contributed by atoms with Crippen LogP contribution in [-0.2, 0) is 38.3 Å². The van der Waals surface area contributed by atoms with Gasteiger partial charge in [-0.2, -0.15) is 0 Å². The molecule has 0 spiro atoms. The molecule has 0 atom stereocenters. The molecule has 9 nitrogen and oxygen atoms in total. The highest BCUT2D eigenvalue weighted by Gasteiger charge is 2.17. The summed E-state index contributed by atoms with van der Waals surface area (Å²) >= 11 is 0. The lowest BCUT2D eigenvalue weighted by Gasteiger charge is -2.07. The summed E-state index contributed by atoms with van der Waals surface area (Å²) in [6, 6.07) is 8.28. The van der Waals surface area contributed by atoms with E-state index in [1.807, 2.05) is 0 Å². The van der Waals surface area contributed by atoms with Crippen molar-refractivity contribution in [3.8, 4) is 0 Å². The number of fused-ring (bicyclic) bond motifs is 1. The zero-order chi connectivity index (χ0) is 19.6. The van der Waals surface area contributed by atoms with E-state index in [2.05, 4.69) is 46.8 Å². The van der Waals surface area contributed by atoms with Gasteiger partial charge in [0.1, 0.15) is 6.54 Å². The lowest BCUT2D eigenvalue weighted by atomic mass is 10.1. The first-order valence-corrected chi connectivity index (χ1v) is 8.76. The van der Waals surface area contributed by atoms with Crippen molar-refractivity contribution in [2.24, 2.45) is 14.1 Å². The lowest BCUT2D eigenvalue weighted by molar-refractivity contribution is -0.121. The van der Waals surface area contributed by atoms with Crippen molar-refractivity contribution in [1.29, 1.82) is 0 Å². The predicted molar refractivity (Wildman–Crippen MR) is 101 cm³/mol. The monoisotopic (exact) mass is 370 g/mol. The van der Waals surface area contributed by atoms with Gasteiger partial charge >= 0.3 is 5.69 Å². The molecular weight excluding hydrogens is 348 g/mol. The third kappa shape index (κ3) is 3.67. The molecule has 3 rings (SSSR count). The topological polar surface area (TPSA) is 104 Å². The fourth-order valence-electron chi connectivity index (χ4n) is 2.89. The van der Waals surface area contributed by atoms with Gasteiger partial charge in [-0.1, -0.05) is 36.4 Å². The highest BCUT2D eigenvalue weighted by Crippen LogP contribution is 2.05. The zero-order valence-corrected chi connectivity index (χ0v) is 15.6. The second-order valence-corrected chi connectivity index (χ2v) is 6.40. The summed E-state index contributed by atoms with van der Waals surface area (Å²) < 4.78 is 3.43. The van der Waals surface area contributed by atoms with Gasteiger partial charge in [-0.15, -0.1) is 5.10 Å². The van der Waals surface area contributed by atoms with E-state index in [1.54, 1.807) is 0 Å². The Morgan fingerprint density at radius 3 is 2.41 bits per heavy atom. The van der Waals surface area contributed by atoms with Crippen molar-refractivity contribution in [3.05, 3.63) is 56.2 Å². The summed E-state index contributed by atoms with van der Waals surface area (Å²) in [7, 11) is 2.89. The molecule has 0 aliphatic heterocycles. The Kier molecular flexibility index (Phi) is 5.20. The van der Waals surface area contributed by atoms with E-state index in [0.717, 1.165) is 16.6 Å². The molecule has 142 valence electrons. The first-order chi connectivity index (χ1) is 12.9. The lowest BCUT2D eigenvalue weighted by Crippen LogP contribution is -2.38. The normalized spacial score (nSPS) is 11.1. The maximum Gasteiger partial charge on any atom is 0.332 e. The van der Waals surface area contributed by atoms with Crippen LogP contribution >= 0.6 is 0 Å². The minimum atomic E-state index is -0.526. The van der Waals surface area contributed by atoms with Gasteiger partial charge < -0.3 is 5.32 Å². The van der Waals surface area contributed by atoms with Crippen LogP contribution in [0.5, 0.6) is 0 Å². The molecule has 0 bridgehead atoms. The van der Waals surface area contributed by atoms with Crippen LogP contribution < -0.4 is 16.6 Å². The fourth-order valence-corrected chi connectivity index (χ4v) is 2.89. The van der Waals surface area contributed by atoms with Crippen LogP contribution in [0.1, 0.15) is 18.1 Å². The molecule has 0 radical (unpaired) electrons. The Labute approximate surface area is 155 Å². The number of benzene rings is 1. The molecule has 2 aromatic heterocycles. The van der Waals surface area contributed by atoms with Gasteiger partial charge in [-0.25, -0.2) is 9.48 Å². The summed E-state index contributed by atoms with van der Waals surface area (Å²) in [5.74, 6) is -0.275. The molecular formula is C18H22N6O3. The Balaban J connectivity index is 1.67. The first kappa shape index (κ1) is 18.6. The quantitative estimate of drug-likeness (QED) is 0.644. The van der Waals surface area contributed by atoms with Crippen LogP contribution in [0.3, 0.4) is 0 Å². The van der Waals surface area contributed by atoms with E-state index < -0.39 is 11.2 Å². The maximum atomic E-state index is 12.3. The van der Waals surface area contributed by atoms with Gasteiger partial charge in [-0.05, 0) is 24.0 Å². The largest absolute Gasteiger partial charge is 0.354 e. The van der Waals surface area contributed by atoms with E-state index in [0.29, 0.717) is 13.0 Å². The minimum Gasteiger partial charge on any atom is -0.354 e. The molecule has 0 saturated heterocycles. The molecule has 9 heteroatoms. The number of hydrogen-bond donors (Lipinski definition) is 1. The second-order valence-electron chi connectivity index (χ2n) is 6.40. The van der Waals surface area contributed by atoms with Crippen molar-refractivity contribution in [1.82, 2.24) is 29.4 Å². The van der Waals surface area contributed by atoms with E-state index >= 15 is 0 Å². The Morgan fingerprint density at radius 2 is 1.74 bits per heavy atom. The van der Waals surface area contributed by atoms with Crippen LogP contribution in [-0.4, -0.2) is 36.6 Å². The fraction of sp³-hybridized carbons (Fsp3) is 0.389.